The van der Waals surface area contributed by atoms with Crippen LogP contribution in [0, 0.1) is 5.92 Å². The lowest BCUT2D eigenvalue weighted by Gasteiger charge is -2.25. The van der Waals surface area contributed by atoms with Crippen LogP contribution in [0.4, 0.5) is 0 Å². The smallest absolute Gasteiger partial charge is 0.326 e. The number of primary amides is 1. The van der Waals surface area contributed by atoms with Gasteiger partial charge in [0, 0.05) is 12.3 Å². The molecule has 0 aromatic rings. The summed E-state index contributed by atoms with van der Waals surface area (Å²) in [5.74, 6) is -9.24. The van der Waals surface area contributed by atoms with Crippen LogP contribution in [0.25, 0.3) is 0 Å². The molecule has 24 heteroatoms. The van der Waals surface area contributed by atoms with E-state index in [2.05, 4.69) is 42.5 Å². The zero-order valence-electron chi connectivity index (χ0n) is 33.2. The van der Waals surface area contributed by atoms with Gasteiger partial charge in [-0.1, -0.05) is 20.3 Å². The highest BCUT2D eigenvalue weighted by Gasteiger charge is 2.32. The second-order valence-corrected chi connectivity index (χ2v) is 16.1. The van der Waals surface area contributed by atoms with Crippen LogP contribution in [-0.4, -0.2) is 150 Å². The van der Waals surface area contributed by atoms with Gasteiger partial charge < -0.3 is 64.8 Å². The number of aliphatic carboxylic acids is 1. The van der Waals surface area contributed by atoms with Crippen LogP contribution in [0.15, 0.2) is 0 Å². The normalized spacial score (nSPS) is 23.0. The second kappa shape index (κ2) is 27.1. The molecule has 1 saturated heterocycles. The van der Waals surface area contributed by atoms with Gasteiger partial charge in [-0.15, -0.1) is 11.8 Å². The number of carbonyl (C=O) groups excluding carboxylic acids is 9. The van der Waals surface area contributed by atoms with Crippen LogP contribution in [0.3, 0.4) is 0 Å². The van der Waals surface area contributed by atoms with Gasteiger partial charge >= 0.3 is 5.97 Å². The summed E-state index contributed by atoms with van der Waals surface area (Å²) >= 11 is 2.12. The van der Waals surface area contributed by atoms with Gasteiger partial charge in [0.05, 0.1) is 25.6 Å². The fourth-order valence-corrected chi connectivity index (χ4v) is 6.78. The zero-order valence-corrected chi connectivity index (χ0v) is 34.8. The third-order valence-corrected chi connectivity index (χ3v) is 10.3. The van der Waals surface area contributed by atoms with E-state index in [1.165, 1.54) is 18.7 Å². The Morgan fingerprint density at radius 3 is 2.10 bits per heavy atom. The van der Waals surface area contributed by atoms with Crippen LogP contribution in [0.2, 0.25) is 0 Å². The second-order valence-electron chi connectivity index (χ2n) is 13.9. The first kappa shape index (κ1) is 51.3. The van der Waals surface area contributed by atoms with Crippen LogP contribution in [-0.2, 0) is 47.9 Å². The number of carbonyl (C=O) groups is 10. The van der Waals surface area contributed by atoms with E-state index in [0.717, 1.165) is 11.8 Å². The number of carboxylic acids is 1. The molecule has 1 aliphatic heterocycles. The maximum Gasteiger partial charge on any atom is 0.326 e. The number of amides is 9. The van der Waals surface area contributed by atoms with Crippen molar-refractivity contribution in [1.82, 2.24) is 42.5 Å². The molecule has 1 aliphatic rings. The lowest BCUT2D eigenvalue weighted by molar-refractivity contribution is -0.143. The highest BCUT2D eigenvalue weighted by atomic mass is 32.2. The first-order valence-electron chi connectivity index (χ1n) is 18.7. The lowest BCUT2D eigenvalue weighted by Crippen LogP contribution is -2.57. The Hall–Kier alpha value is -4.68. The van der Waals surface area contributed by atoms with Gasteiger partial charge in [-0.2, -0.15) is 11.8 Å². The van der Waals surface area contributed by atoms with Crippen LogP contribution in [0.1, 0.15) is 59.3 Å². The van der Waals surface area contributed by atoms with E-state index in [9.17, 15) is 53.1 Å². The lowest BCUT2D eigenvalue weighted by atomic mass is 10.0. The van der Waals surface area contributed by atoms with Crippen molar-refractivity contribution < 1.29 is 53.1 Å². The summed E-state index contributed by atoms with van der Waals surface area (Å²) in [5.41, 5.74) is 16.6. The van der Waals surface area contributed by atoms with Gasteiger partial charge in [0.15, 0.2) is 0 Å². The maximum atomic E-state index is 13.5. The molecule has 22 nitrogen and oxygen atoms in total. The predicted molar refractivity (Wildman–Crippen MR) is 215 cm³/mol. The van der Waals surface area contributed by atoms with Crippen molar-refractivity contribution in [2.75, 3.05) is 43.9 Å². The van der Waals surface area contributed by atoms with E-state index in [1.807, 2.05) is 13.8 Å². The monoisotopic (exact) mass is 861 g/mol. The SMILES string of the molecule is CSCC[C@@H]1NC(=O)[C@H](CC(C)C)NC(=O)[C@H](C)NC(=O)CNC(=O)[C@@H](CNC(=O)[C@@H](N)CCCCN)SC[C@@H](C(=O)N[C@@H](CC(N)=O)C(=O)O)NC(=O)CNC1=O. The molecule has 0 unspecified atom stereocenters. The van der Waals surface area contributed by atoms with E-state index in [-0.39, 0.29) is 25.3 Å². The zero-order chi connectivity index (χ0) is 43.9. The van der Waals surface area contributed by atoms with Crippen molar-refractivity contribution in [2.24, 2.45) is 23.1 Å². The number of carboxylic acid groups (broad SMARTS) is 1. The Balaban J connectivity index is 3.57. The molecule has 1 rings (SSSR count). The number of unbranched alkanes of at least 4 members (excludes halogenated alkanes) is 1. The Morgan fingerprint density at radius 1 is 0.897 bits per heavy atom. The molecule has 15 N–H and O–H groups in total. The quantitative estimate of drug-likeness (QED) is 0.0610. The van der Waals surface area contributed by atoms with E-state index in [0.29, 0.717) is 31.6 Å². The fraction of sp³-hybridized carbons (Fsp3) is 0.706. The number of hydrogen-bond donors (Lipinski definition) is 12. The molecule has 0 aromatic heterocycles. The van der Waals surface area contributed by atoms with Crippen molar-refractivity contribution in [3.63, 3.8) is 0 Å². The fourth-order valence-electron chi connectivity index (χ4n) is 5.21. The number of hydrogen-bond acceptors (Lipinski definition) is 14. The minimum atomic E-state index is -1.79. The van der Waals surface area contributed by atoms with Crippen molar-refractivity contribution in [3.05, 3.63) is 0 Å². The number of nitrogens with two attached hydrogens (primary N) is 3. The molecule has 0 saturated carbocycles. The molecular formula is C34H59N11O11S2. The number of thioether (sulfide) groups is 2. The standard InChI is InChI=1S/C34H59N11O11S2/c1-17(2)11-21-31(52)43-20(8-10-57-4)30(51)39-15-27(48)42-23(32(53)45-22(34(55)56)12-25(37)46)16-58-24(13-38-29(50)19(36)7-5-6-9-35)33(54)40-14-26(47)41-18(3)28(49)44-21/h17-24H,5-16,35-36H2,1-4H3,(H2,37,46)(H,38,50)(H,39,51)(H,40,54)(H,41,47)(H,42,48)(H,43,52)(H,44,49)(H,45,53)(H,55,56)/t18-,19-,20-,21-,22-,23-,24+/m0/s1. The number of rotatable bonds is 17. The average Bonchev–Trinajstić information content (AvgIpc) is 3.15. The van der Waals surface area contributed by atoms with Gasteiger partial charge in [-0.3, -0.25) is 43.2 Å². The molecule has 1 heterocycles. The molecule has 7 atom stereocenters. The van der Waals surface area contributed by atoms with Gasteiger partial charge in [0.1, 0.15) is 35.5 Å². The summed E-state index contributed by atoms with van der Waals surface area (Å²) in [4.78, 5) is 129. The Bertz CT molecular complexity index is 1470. The highest BCUT2D eigenvalue weighted by molar-refractivity contribution is 8.00. The van der Waals surface area contributed by atoms with E-state index >= 15 is 0 Å². The van der Waals surface area contributed by atoms with Crippen molar-refractivity contribution in [1.29, 1.82) is 0 Å². The topological polar surface area (TPSA) is 365 Å². The molecule has 0 spiro atoms. The number of nitrogens with one attached hydrogen (secondary N) is 8. The molecule has 0 aromatic carbocycles. The molecule has 58 heavy (non-hydrogen) atoms. The largest absolute Gasteiger partial charge is 0.480 e. The molecule has 0 bridgehead atoms. The average molecular weight is 862 g/mol. The minimum Gasteiger partial charge on any atom is -0.480 e. The molecule has 1 fully saturated rings. The third-order valence-electron chi connectivity index (χ3n) is 8.40. The van der Waals surface area contributed by atoms with E-state index in [1.54, 1.807) is 6.26 Å². The molecule has 328 valence electrons. The maximum absolute atomic E-state index is 13.5. The molecule has 0 radical (unpaired) electrons. The summed E-state index contributed by atoms with van der Waals surface area (Å²) in [6.07, 6.45) is 2.75. The Labute approximate surface area is 345 Å². The molecular weight excluding hydrogens is 803 g/mol. The Kier molecular flexibility index (Phi) is 24.0. The van der Waals surface area contributed by atoms with Gasteiger partial charge in [0.2, 0.25) is 53.2 Å². The summed E-state index contributed by atoms with van der Waals surface area (Å²) in [6.45, 7) is 3.63. The van der Waals surface area contributed by atoms with Gasteiger partial charge in [0.25, 0.3) is 0 Å². The Morgan fingerprint density at radius 2 is 1.52 bits per heavy atom. The highest BCUT2D eigenvalue weighted by Crippen LogP contribution is 2.14. The first-order valence-corrected chi connectivity index (χ1v) is 21.1. The first-order chi connectivity index (χ1) is 27.3. The van der Waals surface area contributed by atoms with Gasteiger partial charge in [-0.05, 0) is 57.1 Å². The van der Waals surface area contributed by atoms with Crippen molar-refractivity contribution >= 4 is 82.7 Å². The summed E-state index contributed by atoms with van der Waals surface area (Å²) in [5, 5.41) is 27.9. The minimum absolute atomic E-state index is 0.0953. The summed E-state index contributed by atoms with van der Waals surface area (Å²) < 4.78 is 0. The van der Waals surface area contributed by atoms with Gasteiger partial charge in [-0.25, -0.2) is 4.79 Å². The predicted octanol–water partition coefficient (Wildman–Crippen LogP) is -4.89. The van der Waals surface area contributed by atoms with E-state index in [4.69, 9.17) is 17.2 Å². The molecule has 9 amide bonds. The van der Waals surface area contributed by atoms with Crippen molar-refractivity contribution in [2.45, 2.75) is 101 Å². The van der Waals surface area contributed by atoms with Crippen LogP contribution < -0.4 is 59.7 Å². The third kappa shape index (κ3) is 20.1. The van der Waals surface area contributed by atoms with Crippen molar-refractivity contribution in [3.8, 4) is 0 Å². The summed E-state index contributed by atoms with van der Waals surface area (Å²) in [7, 11) is 0. The molecule has 0 aliphatic carbocycles. The van der Waals surface area contributed by atoms with Crippen LogP contribution >= 0.6 is 23.5 Å². The van der Waals surface area contributed by atoms with Crippen LogP contribution in [0.5, 0.6) is 0 Å². The van der Waals surface area contributed by atoms with E-state index < -0.39 is 126 Å². The summed E-state index contributed by atoms with van der Waals surface area (Å²) in [6, 6.07) is -7.81.